The third kappa shape index (κ3) is 3.12. The lowest BCUT2D eigenvalue weighted by molar-refractivity contribution is -0.126. The number of nitrogens with zero attached hydrogens (tertiary/aromatic N) is 1. The molecule has 2 amide bonds. The predicted octanol–water partition coefficient (Wildman–Crippen LogP) is 3.93. The van der Waals surface area contributed by atoms with E-state index in [1.54, 1.807) is 23.8 Å². The number of thioether (sulfide) groups is 1. The van der Waals surface area contributed by atoms with Crippen molar-refractivity contribution in [2.24, 2.45) is 0 Å². The third-order valence-electron chi connectivity index (χ3n) is 5.80. The number of amides is 2. The van der Waals surface area contributed by atoms with Crippen molar-refractivity contribution in [1.29, 1.82) is 0 Å². The first-order chi connectivity index (χ1) is 14.3. The first-order valence-electron chi connectivity index (χ1n) is 9.90. The van der Waals surface area contributed by atoms with Gasteiger partial charge in [-0.3, -0.25) is 9.59 Å². The highest BCUT2D eigenvalue weighted by molar-refractivity contribution is 8.01. The van der Waals surface area contributed by atoms with Gasteiger partial charge in [-0.2, -0.15) is 0 Å². The lowest BCUT2D eigenvalue weighted by Crippen LogP contribution is -2.52. The van der Waals surface area contributed by atoms with Crippen molar-refractivity contribution in [1.82, 2.24) is 10.2 Å². The fraction of sp³-hybridized carbons (Fsp3) is 0.391. The van der Waals surface area contributed by atoms with Gasteiger partial charge >= 0.3 is 0 Å². The highest BCUT2D eigenvalue weighted by atomic mass is 32.2. The van der Waals surface area contributed by atoms with Gasteiger partial charge in [-0.1, -0.05) is 36.4 Å². The van der Waals surface area contributed by atoms with Crippen LogP contribution >= 0.6 is 11.8 Å². The molecule has 0 bridgehead atoms. The van der Waals surface area contributed by atoms with E-state index in [0.29, 0.717) is 17.1 Å². The summed E-state index contributed by atoms with van der Waals surface area (Å²) in [5.41, 5.74) is 2.37. The van der Waals surface area contributed by atoms with Crippen molar-refractivity contribution in [3.05, 3.63) is 59.2 Å². The molecule has 3 atom stereocenters. The van der Waals surface area contributed by atoms with E-state index in [0.717, 1.165) is 11.1 Å². The summed E-state index contributed by atoms with van der Waals surface area (Å²) in [6, 6.07) is 12.8. The van der Waals surface area contributed by atoms with Crippen molar-refractivity contribution in [2.75, 3.05) is 14.2 Å². The SMILES string of the molecule is COc1ccc2c(c1OC)C(=O)N1[C@@H]2SC(C)(C)[C@@H]1C(=O)N[C@@H](C)c1ccccc1. The molecule has 2 aliphatic heterocycles. The molecule has 158 valence electrons. The molecule has 1 saturated heterocycles. The fourth-order valence-corrected chi connectivity index (χ4v) is 5.95. The number of hydrogen-bond acceptors (Lipinski definition) is 5. The largest absolute Gasteiger partial charge is 0.493 e. The number of rotatable bonds is 5. The molecular formula is C23H26N2O4S. The Labute approximate surface area is 180 Å². The van der Waals surface area contributed by atoms with E-state index < -0.39 is 10.8 Å². The number of nitrogens with one attached hydrogen (secondary N) is 1. The summed E-state index contributed by atoms with van der Waals surface area (Å²) in [4.78, 5) is 28.6. The Morgan fingerprint density at radius 2 is 1.83 bits per heavy atom. The molecule has 0 aliphatic carbocycles. The normalized spacial score (nSPS) is 22.3. The molecule has 2 aliphatic rings. The van der Waals surface area contributed by atoms with Gasteiger partial charge in [0.25, 0.3) is 5.91 Å². The monoisotopic (exact) mass is 426 g/mol. The van der Waals surface area contributed by atoms with Crippen molar-refractivity contribution in [3.8, 4) is 11.5 Å². The molecule has 1 fully saturated rings. The van der Waals surface area contributed by atoms with E-state index in [-0.39, 0.29) is 23.2 Å². The highest BCUT2D eigenvalue weighted by Crippen LogP contribution is 2.58. The van der Waals surface area contributed by atoms with Gasteiger partial charge in [0.15, 0.2) is 11.5 Å². The summed E-state index contributed by atoms with van der Waals surface area (Å²) in [6.07, 6.45) is 0. The summed E-state index contributed by atoms with van der Waals surface area (Å²) in [5, 5.41) is 2.87. The Kier molecular flexibility index (Phi) is 5.18. The molecule has 30 heavy (non-hydrogen) atoms. The van der Waals surface area contributed by atoms with Crippen LogP contribution in [0, 0.1) is 0 Å². The fourth-order valence-electron chi connectivity index (χ4n) is 4.37. The van der Waals surface area contributed by atoms with E-state index in [2.05, 4.69) is 5.32 Å². The Balaban J connectivity index is 1.67. The van der Waals surface area contributed by atoms with Crippen LogP contribution in [-0.4, -0.2) is 41.7 Å². The maximum Gasteiger partial charge on any atom is 0.260 e. The lowest BCUT2D eigenvalue weighted by atomic mass is 9.99. The molecule has 1 N–H and O–H groups in total. The van der Waals surface area contributed by atoms with Gasteiger partial charge < -0.3 is 19.7 Å². The average molecular weight is 427 g/mol. The van der Waals surface area contributed by atoms with Gasteiger partial charge in [0.05, 0.1) is 25.8 Å². The van der Waals surface area contributed by atoms with Gasteiger partial charge in [-0.05, 0) is 32.4 Å². The first kappa shape index (κ1) is 20.6. The zero-order valence-corrected chi connectivity index (χ0v) is 18.6. The first-order valence-corrected chi connectivity index (χ1v) is 10.8. The molecule has 0 spiro atoms. The molecule has 4 rings (SSSR count). The Bertz CT molecular complexity index is 992. The van der Waals surface area contributed by atoms with Crippen LogP contribution in [0.15, 0.2) is 42.5 Å². The molecule has 0 radical (unpaired) electrons. The maximum atomic E-state index is 13.5. The van der Waals surface area contributed by atoms with Gasteiger partial charge in [-0.15, -0.1) is 11.8 Å². The van der Waals surface area contributed by atoms with E-state index >= 15 is 0 Å². The zero-order valence-electron chi connectivity index (χ0n) is 17.8. The minimum absolute atomic E-state index is 0.154. The topological polar surface area (TPSA) is 67.9 Å². The number of methoxy groups -OCH3 is 2. The van der Waals surface area contributed by atoms with Crippen LogP contribution in [0.5, 0.6) is 11.5 Å². The summed E-state index contributed by atoms with van der Waals surface area (Å²) >= 11 is 1.62. The smallest absolute Gasteiger partial charge is 0.260 e. The number of benzene rings is 2. The van der Waals surface area contributed by atoms with Gasteiger partial charge in [0.1, 0.15) is 11.4 Å². The van der Waals surface area contributed by atoms with Crippen LogP contribution in [0.3, 0.4) is 0 Å². The average Bonchev–Trinajstić information content (AvgIpc) is 3.16. The summed E-state index contributed by atoms with van der Waals surface area (Å²) < 4.78 is 10.4. The molecule has 2 heterocycles. The molecule has 2 aromatic rings. The molecule has 0 saturated carbocycles. The second kappa shape index (κ2) is 7.54. The lowest BCUT2D eigenvalue weighted by Gasteiger charge is -2.30. The van der Waals surface area contributed by atoms with E-state index in [1.165, 1.54) is 7.11 Å². The van der Waals surface area contributed by atoms with Crippen LogP contribution in [0.1, 0.15) is 53.7 Å². The summed E-state index contributed by atoms with van der Waals surface area (Å²) in [5.74, 6) is 0.577. The van der Waals surface area contributed by atoms with E-state index in [1.807, 2.05) is 63.2 Å². The van der Waals surface area contributed by atoms with Gasteiger partial charge in [0, 0.05) is 10.3 Å². The molecule has 6 nitrogen and oxygen atoms in total. The van der Waals surface area contributed by atoms with Crippen LogP contribution in [-0.2, 0) is 4.79 Å². The number of ether oxygens (including phenoxy) is 2. The standard InChI is InChI=1S/C23H26N2O4S/c1-13(14-9-7-6-8-10-14)24-20(26)19-23(2,3)30-22-15-11-12-16(28-4)18(29-5)17(15)21(27)25(19)22/h6-13,19,22H,1-5H3,(H,24,26)/t13-,19-,22+/m0/s1. The van der Waals surface area contributed by atoms with E-state index in [9.17, 15) is 9.59 Å². The number of carbonyl (C=O) groups excluding carboxylic acids is 2. The van der Waals surface area contributed by atoms with Crippen LogP contribution in [0.4, 0.5) is 0 Å². The molecular weight excluding hydrogens is 400 g/mol. The summed E-state index contributed by atoms with van der Waals surface area (Å²) in [7, 11) is 3.07. The Hall–Kier alpha value is -2.67. The number of hydrogen-bond donors (Lipinski definition) is 1. The summed E-state index contributed by atoms with van der Waals surface area (Å²) in [6.45, 7) is 5.98. The van der Waals surface area contributed by atoms with Crippen molar-refractivity contribution < 1.29 is 19.1 Å². The zero-order chi connectivity index (χ0) is 21.6. The second-order valence-corrected chi connectivity index (χ2v) is 9.83. The molecule has 7 heteroatoms. The van der Waals surface area contributed by atoms with Crippen molar-refractivity contribution in [3.63, 3.8) is 0 Å². The quantitative estimate of drug-likeness (QED) is 0.785. The van der Waals surface area contributed by atoms with Gasteiger partial charge in [-0.25, -0.2) is 0 Å². The second-order valence-electron chi connectivity index (χ2n) is 8.09. The predicted molar refractivity (Wildman–Crippen MR) is 117 cm³/mol. The van der Waals surface area contributed by atoms with Crippen LogP contribution < -0.4 is 14.8 Å². The van der Waals surface area contributed by atoms with Crippen LogP contribution in [0.2, 0.25) is 0 Å². The van der Waals surface area contributed by atoms with Crippen molar-refractivity contribution in [2.45, 2.75) is 43.0 Å². The maximum absolute atomic E-state index is 13.5. The number of carbonyl (C=O) groups is 2. The minimum Gasteiger partial charge on any atom is -0.493 e. The number of fused-ring (bicyclic) bond motifs is 3. The Morgan fingerprint density at radius 3 is 2.47 bits per heavy atom. The molecule has 0 unspecified atom stereocenters. The van der Waals surface area contributed by atoms with Gasteiger partial charge in [0.2, 0.25) is 5.91 Å². The Morgan fingerprint density at radius 1 is 1.13 bits per heavy atom. The minimum atomic E-state index is -0.603. The van der Waals surface area contributed by atoms with Crippen molar-refractivity contribution >= 4 is 23.6 Å². The third-order valence-corrected chi connectivity index (χ3v) is 7.34. The van der Waals surface area contributed by atoms with Crippen LogP contribution in [0.25, 0.3) is 0 Å². The van der Waals surface area contributed by atoms with E-state index in [4.69, 9.17) is 9.47 Å². The molecule has 0 aromatic heterocycles. The highest BCUT2D eigenvalue weighted by Gasteiger charge is 2.58. The molecule has 2 aromatic carbocycles.